The number of hydrogen-bond acceptors (Lipinski definition) is 9. The minimum absolute atomic E-state index is 0.172. The molecule has 0 atom stereocenters. The second-order valence-electron chi connectivity index (χ2n) is 11.3. The van der Waals surface area contributed by atoms with Gasteiger partial charge >= 0.3 is 0 Å². The van der Waals surface area contributed by atoms with Gasteiger partial charge in [0.05, 0.1) is 13.1 Å². The van der Waals surface area contributed by atoms with Crippen molar-refractivity contribution in [3.8, 4) is 5.82 Å². The Morgan fingerprint density at radius 2 is 2.02 bits per heavy atom. The van der Waals surface area contributed by atoms with Crippen LogP contribution in [-0.4, -0.2) is 78.5 Å². The molecular formula is C29H33F2N9O2S. The van der Waals surface area contributed by atoms with Crippen LogP contribution in [0.25, 0.3) is 16.9 Å². The first-order chi connectivity index (χ1) is 20.4. The molecule has 5 heterocycles. The highest BCUT2D eigenvalue weighted by atomic mass is 32.2. The molecule has 11 nitrogen and oxygen atoms in total. The van der Waals surface area contributed by atoms with Crippen molar-refractivity contribution in [2.24, 2.45) is 4.36 Å². The first-order valence-corrected chi connectivity index (χ1v) is 16.2. The topological polar surface area (TPSA) is 114 Å². The molecule has 2 aliphatic heterocycles. The molecule has 1 aromatic carbocycles. The van der Waals surface area contributed by atoms with E-state index in [0.717, 1.165) is 29.8 Å². The molecule has 0 radical (unpaired) electrons. The van der Waals surface area contributed by atoms with Gasteiger partial charge in [0.1, 0.15) is 5.39 Å². The van der Waals surface area contributed by atoms with Gasteiger partial charge in [-0.3, -0.25) is 4.79 Å². The highest BCUT2D eigenvalue weighted by Crippen LogP contribution is 2.38. The van der Waals surface area contributed by atoms with Crippen molar-refractivity contribution in [1.82, 2.24) is 29.2 Å². The number of halogens is 2. The summed E-state index contributed by atoms with van der Waals surface area (Å²) in [6, 6.07) is 8.95. The fourth-order valence-electron chi connectivity index (χ4n) is 5.66. The molecule has 0 spiro atoms. The van der Waals surface area contributed by atoms with Gasteiger partial charge in [0.25, 0.3) is 11.5 Å². The van der Waals surface area contributed by atoms with Gasteiger partial charge < -0.3 is 15.1 Å². The van der Waals surface area contributed by atoms with Crippen molar-refractivity contribution >= 4 is 43.9 Å². The zero-order valence-electron chi connectivity index (χ0n) is 24.3. The van der Waals surface area contributed by atoms with Crippen molar-refractivity contribution in [2.45, 2.75) is 31.9 Å². The third-order valence-electron chi connectivity index (χ3n) is 7.50. The van der Waals surface area contributed by atoms with Crippen molar-refractivity contribution in [1.29, 1.82) is 0 Å². The number of pyridine rings is 1. The monoisotopic (exact) mass is 609 g/mol. The number of fused-ring (bicyclic) bond motifs is 2. The molecule has 1 N–H and O–H groups in total. The number of rotatable bonds is 7. The van der Waals surface area contributed by atoms with E-state index < -0.39 is 15.7 Å². The van der Waals surface area contributed by atoms with Crippen LogP contribution in [0.15, 0.2) is 58.3 Å². The van der Waals surface area contributed by atoms with E-state index in [-0.39, 0.29) is 48.8 Å². The molecule has 1 saturated heterocycles. The van der Waals surface area contributed by atoms with Gasteiger partial charge in [-0.1, -0.05) is 12.1 Å². The number of benzene rings is 1. The number of anilines is 3. The van der Waals surface area contributed by atoms with E-state index in [1.54, 1.807) is 33.9 Å². The number of alkyl halides is 2. The van der Waals surface area contributed by atoms with E-state index in [1.165, 1.54) is 23.4 Å². The van der Waals surface area contributed by atoms with E-state index in [1.807, 2.05) is 19.2 Å². The van der Waals surface area contributed by atoms with Crippen LogP contribution in [-0.2, 0) is 29.2 Å². The number of hydrogen-bond donors (Lipinski definition) is 1. The minimum atomic E-state index is -2.72. The smallest absolute Gasteiger partial charge is 0.278 e. The molecule has 6 rings (SSSR count). The Balaban J connectivity index is 1.45. The standard InChI is InChI=1S/C29H33F2N9O2S/c1-5-11-39-27(41)22-16-32-28(35-26(22)40(39)25-8-6-7-24(34-25)36-43(3,4)42)33-20-14-19-17-37(2)12-9-21(19)23(15-20)38-13-10-29(30,31)18-38/h5-8,14-16H,1,9-13,17-18H2,2-4H3,(H,32,33,35). The molecule has 4 aromatic rings. The maximum Gasteiger partial charge on any atom is 0.278 e. The van der Waals surface area contributed by atoms with Crippen LogP contribution >= 0.6 is 0 Å². The van der Waals surface area contributed by atoms with Crippen LogP contribution in [0, 0.1) is 0 Å². The van der Waals surface area contributed by atoms with E-state index in [4.69, 9.17) is 4.98 Å². The lowest BCUT2D eigenvalue weighted by Gasteiger charge is -2.31. The fraction of sp³-hybridized carbons (Fsp3) is 0.379. The first kappa shape index (κ1) is 28.9. The zero-order chi connectivity index (χ0) is 30.5. The Hall–Kier alpha value is -4.17. The van der Waals surface area contributed by atoms with Gasteiger partial charge in [-0.25, -0.2) is 32.3 Å². The maximum atomic E-state index is 14.2. The van der Waals surface area contributed by atoms with Crippen LogP contribution in [0.5, 0.6) is 0 Å². The molecule has 43 heavy (non-hydrogen) atoms. The third kappa shape index (κ3) is 5.89. The summed E-state index contributed by atoms with van der Waals surface area (Å²) < 4.78 is 47.9. The van der Waals surface area contributed by atoms with E-state index in [9.17, 15) is 17.8 Å². The predicted molar refractivity (Wildman–Crippen MR) is 165 cm³/mol. The summed E-state index contributed by atoms with van der Waals surface area (Å²) in [6.07, 6.45) is 6.69. The van der Waals surface area contributed by atoms with Crippen molar-refractivity contribution in [3.05, 3.63) is 70.7 Å². The number of likely N-dealkylation sites (N-methyl/N-ethyl adjacent to an activating group) is 1. The second kappa shape index (κ2) is 10.8. The molecule has 0 bridgehead atoms. The summed E-state index contributed by atoms with van der Waals surface area (Å²) in [5, 5.41) is 3.53. The molecule has 0 unspecified atom stereocenters. The number of allylic oxidation sites excluding steroid dienone is 1. The Bertz CT molecular complexity index is 1920. The van der Waals surface area contributed by atoms with Crippen LogP contribution < -0.4 is 15.8 Å². The summed E-state index contributed by atoms with van der Waals surface area (Å²) >= 11 is 0. The second-order valence-corrected chi connectivity index (χ2v) is 13.9. The number of aromatic nitrogens is 5. The Morgan fingerprint density at radius 1 is 1.21 bits per heavy atom. The van der Waals surface area contributed by atoms with Crippen molar-refractivity contribution in [3.63, 3.8) is 0 Å². The molecule has 0 amide bonds. The van der Waals surface area contributed by atoms with E-state index in [0.29, 0.717) is 23.7 Å². The molecule has 1 fully saturated rings. The lowest BCUT2D eigenvalue weighted by molar-refractivity contribution is 0.0257. The molecular weight excluding hydrogens is 576 g/mol. The Labute approximate surface area is 248 Å². The van der Waals surface area contributed by atoms with Gasteiger partial charge in [-0.05, 0) is 48.9 Å². The van der Waals surface area contributed by atoms with Crippen LogP contribution in [0.1, 0.15) is 17.5 Å². The quantitative estimate of drug-likeness (QED) is 0.312. The summed E-state index contributed by atoms with van der Waals surface area (Å²) in [5.41, 5.74) is 3.60. The SMILES string of the molecule is C=CCn1c(=O)c2cnc(Nc3cc4c(c(N5CCC(F)(F)C5)c3)CCN(C)C4)nc2n1-c1cccc(N=S(C)(C)=O)n1. The summed E-state index contributed by atoms with van der Waals surface area (Å²) in [7, 11) is -0.432. The average Bonchev–Trinajstić information content (AvgIpc) is 3.43. The van der Waals surface area contributed by atoms with Crippen molar-refractivity contribution < 1.29 is 13.0 Å². The third-order valence-corrected chi connectivity index (χ3v) is 8.12. The highest BCUT2D eigenvalue weighted by molar-refractivity contribution is 7.92. The van der Waals surface area contributed by atoms with E-state index in [2.05, 4.69) is 31.1 Å². The summed E-state index contributed by atoms with van der Waals surface area (Å²) in [6.45, 7) is 5.48. The Kier molecular flexibility index (Phi) is 7.29. The fourth-order valence-corrected chi connectivity index (χ4v) is 6.21. The number of nitrogens with zero attached hydrogens (tertiary/aromatic N) is 8. The summed E-state index contributed by atoms with van der Waals surface area (Å²) in [4.78, 5) is 31.0. The molecule has 0 saturated carbocycles. The van der Waals surface area contributed by atoms with Crippen molar-refractivity contribution in [2.75, 3.05) is 49.4 Å². The molecule has 14 heteroatoms. The lowest BCUT2D eigenvalue weighted by Crippen LogP contribution is -2.30. The van der Waals surface area contributed by atoms with Crippen LogP contribution in [0.2, 0.25) is 0 Å². The van der Waals surface area contributed by atoms with Gasteiger partial charge in [-0.15, -0.1) is 6.58 Å². The first-order valence-electron chi connectivity index (χ1n) is 13.9. The largest absolute Gasteiger partial charge is 0.365 e. The average molecular weight is 610 g/mol. The van der Waals surface area contributed by atoms with Gasteiger partial charge in [-0.2, -0.15) is 9.35 Å². The predicted octanol–water partition coefficient (Wildman–Crippen LogP) is 4.10. The lowest BCUT2D eigenvalue weighted by atomic mass is 9.96. The number of nitrogens with one attached hydrogen (secondary N) is 1. The normalized spacial score (nSPS) is 16.8. The van der Waals surface area contributed by atoms with Gasteiger partial charge in [0, 0.05) is 65.9 Å². The van der Waals surface area contributed by atoms with E-state index >= 15 is 0 Å². The Morgan fingerprint density at radius 3 is 2.74 bits per heavy atom. The molecule has 226 valence electrons. The van der Waals surface area contributed by atoms with Crippen LogP contribution in [0.3, 0.4) is 0 Å². The summed E-state index contributed by atoms with van der Waals surface area (Å²) in [5.74, 6) is -1.87. The van der Waals surface area contributed by atoms with Gasteiger partial charge in [0.15, 0.2) is 17.3 Å². The molecule has 0 aliphatic carbocycles. The molecule has 3 aromatic heterocycles. The molecule has 2 aliphatic rings. The maximum absolute atomic E-state index is 14.2. The van der Waals surface area contributed by atoms with Gasteiger partial charge in [0.2, 0.25) is 5.95 Å². The minimum Gasteiger partial charge on any atom is -0.365 e. The van der Waals surface area contributed by atoms with Crippen LogP contribution in [0.4, 0.5) is 31.9 Å². The highest BCUT2D eigenvalue weighted by Gasteiger charge is 2.39. The zero-order valence-corrected chi connectivity index (χ0v) is 25.1.